The van der Waals surface area contributed by atoms with E-state index < -0.39 is 11.6 Å². The molecule has 2 rings (SSSR count). The summed E-state index contributed by atoms with van der Waals surface area (Å²) in [6.07, 6.45) is 0. The third-order valence-corrected chi connectivity index (χ3v) is 2.63. The van der Waals surface area contributed by atoms with Crippen LogP contribution in [-0.4, -0.2) is 38.1 Å². The van der Waals surface area contributed by atoms with Crippen molar-refractivity contribution in [3.8, 4) is 0 Å². The monoisotopic (exact) mass is 261 g/mol. The minimum Gasteiger partial charge on any atom is -0.461 e. The molecular weight excluding hydrogens is 246 g/mol. The van der Waals surface area contributed by atoms with E-state index in [0.717, 1.165) is 0 Å². The van der Waals surface area contributed by atoms with Crippen molar-refractivity contribution in [1.82, 2.24) is 4.90 Å². The number of nitrogens with zero attached hydrogens (tertiary/aromatic N) is 1. The summed E-state index contributed by atoms with van der Waals surface area (Å²) in [6.45, 7) is 0.836. The first-order valence-corrected chi connectivity index (χ1v) is 5.92. The Morgan fingerprint density at radius 1 is 1.32 bits per heavy atom. The molecule has 2 aromatic rings. The Hall–Kier alpha value is -2.14. The van der Waals surface area contributed by atoms with E-state index >= 15 is 0 Å². The van der Waals surface area contributed by atoms with E-state index in [0.29, 0.717) is 17.5 Å². The number of hydrogen-bond acceptors (Lipinski definition) is 5. The lowest BCUT2D eigenvalue weighted by atomic mass is 10.2. The van der Waals surface area contributed by atoms with E-state index in [-0.39, 0.29) is 12.2 Å². The molecule has 100 valence electrons. The van der Waals surface area contributed by atoms with Crippen molar-refractivity contribution in [3.63, 3.8) is 0 Å². The standard InChI is InChI=1S/C14H15NO4/c1-15(2)7-8-18-13(16)11-9-10-5-3-4-6-12(10)19-14(11)17/h3-6,9H,7-8H2,1-2H3. The second kappa shape index (κ2) is 5.67. The van der Waals surface area contributed by atoms with Crippen LogP contribution in [0.2, 0.25) is 0 Å². The minimum absolute atomic E-state index is 0.0718. The van der Waals surface area contributed by atoms with Gasteiger partial charge in [-0.15, -0.1) is 0 Å². The molecule has 1 heterocycles. The van der Waals surface area contributed by atoms with Crippen molar-refractivity contribution in [2.24, 2.45) is 0 Å². The lowest BCUT2D eigenvalue weighted by Crippen LogP contribution is -2.22. The smallest absolute Gasteiger partial charge is 0.351 e. The van der Waals surface area contributed by atoms with Gasteiger partial charge in [-0.3, -0.25) is 0 Å². The summed E-state index contributed by atoms with van der Waals surface area (Å²) in [4.78, 5) is 25.4. The van der Waals surface area contributed by atoms with Crippen LogP contribution in [0.4, 0.5) is 0 Å². The number of benzene rings is 1. The maximum Gasteiger partial charge on any atom is 0.351 e. The third kappa shape index (κ3) is 3.20. The quantitative estimate of drug-likeness (QED) is 0.616. The summed E-state index contributed by atoms with van der Waals surface area (Å²) in [5, 5.41) is 0.696. The highest BCUT2D eigenvalue weighted by atomic mass is 16.5. The Bertz CT molecular complexity index is 645. The summed E-state index contributed by atoms with van der Waals surface area (Å²) < 4.78 is 10.1. The van der Waals surface area contributed by atoms with E-state index in [4.69, 9.17) is 9.15 Å². The molecular formula is C14H15NO4. The zero-order valence-corrected chi connectivity index (χ0v) is 10.9. The van der Waals surface area contributed by atoms with Gasteiger partial charge < -0.3 is 14.1 Å². The zero-order chi connectivity index (χ0) is 13.8. The molecule has 19 heavy (non-hydrogen) atoms. The number of hydrogen-bond donors (Lipinski definition) is 0. The third-order valence-electron chi connectivity index (χ3n) is 2.63. The van der Waals surface area contributed by atoms with Crippen LogP contribution < -0.4 is 5.63 Å². The number of rotatable bonds is 4. The number of likely N-dealkylation sites (N-methyl/N-ethyl adjacent to an activating group) is 1. The van der Waals surface area contributed by atoms with Gasteiger partial charge in [0.15, 0.2) is 0 Å². The molecule has 0 amide bonds. The van der Waals surface area contributed by atoms with Crippen molar-refractivity contribution >= 4 is 16.9 Å². The number of ether oxygens (including phenoxy) is 1. The molecule has 0 N–H and O–H groups in total. The van der Waals surface area contributed by atoms with Crippen LogP contribution in [-0.2, 0) is 4.74 Å². The van der Waals surface area contributed by atoms with Gasteiger partial charge in [0, 0.05) is 11.9 Å². The molecule has 0 aliphatic carbocycles. The molecule has 0 fully saturated rings. The second-order valence-electron chi connectivity index (χ2n) is 4.42. The van der Waals surface area contributed by atoms with E-state index in [2.05, 4.69) is 0 Å². The molecule has 0 unspecified atom stereocenters. The predicted molar refractivity (Wildman–Crippen MR) is 71.3 cm³/mol. The first kappa shape index (κ1) is 13.3. The zero-order valence-electron chi connectivity index (χ0n) is 10.9. The van der Waals surface area contributed by atoms with Crippen LogP contribution in [0.15, 0.2) is 39.5 Å². The fourth-order valence-corrected chi connectivity index (χ4v) is 1.60. The highest BCUT2D eigenvalue weighted by Crippen LogP contribution is 2.12. The molecule has 5 heteroatoms. The van der Waals surface area contributed by atoms with Crippen LogP contribution >= 0.6 is 0 Å². The maximum absolute atomic E-state index is 11.8. The normalized spacial score (nSPS) is 10.9. The number of carbonyl (C=O) groups is 1. The van der Waals surface area contributed by atoms with Gasteiger partial charge in [0.05, 0.1) is 0 Å². The highest BCUT2D eigenvalue weighted by Gasteiger charge is 2.14. The Labute approximate surface area is 110 Å². The molecule has 1 aromatic heterocycles. The van der Waals surface area contributed by atoms with Gasteiger partial charge in [-0.1, -0.05) is 18.2 Å². The van der Waals surface area contributed by atoms with Gasteiger partial charge in [-0.25, -0.2) is 9.59 Å². The lowest BCUT2D eigenvalue weighted by Gasteiger charge is -2.09. The van der Waals surface area contributed by atoms with Gasteiger partial charge in [-0.2, -0.15) is 0 Å². The van der Waals surface area contributed by atoms with Crippen molar-refractivity contribution in [2.45, 2.75) is 0 Å². The van der Waals surface area contributed by atoms with Crippen molar-refractivity contribution in [1.29, 1.82) is 0 Å². The van der Waals surface area contributed by atoms with Gasteiger partial charge >= 0.3 is 11.6 Å². The number of fused-ring (bicyclic) bond motifs is 1. The van der Waals surface area contributed by atoms with Gasteiger partial charge in [0.25, 0.3) is 0 Å². The van der Waals surface area contributed by atoms with E-state index in [1.807, 2.05) is 25.1 Å². The Morgan fingerprint density at radius 3 is 2.79 bits per heavy atom. The molecule has 0 spiro atoms. The second-order valence-corrected chi connectivity index (χ2v) is 4.42. The Balaban J connectivity index is 2.22. The lowest BCUT2D eigenvalue weighted by molar-refractivity contribution is 0.0477. The summed E-state index contributed by atoms with van der Waals surface area (Å²) >= 11 is 0. The number of carbonyl (C=O) groups excluding carboxylic acids is 1. The van der Waals surface area contributed by atoms with E-state index in [1.54, 1.807) is 18.2 Å². The van der Waals surface area contributed by atoms with Crippen LogP contribution in [0.1, 0.15) is 10.4 Å². The van der Waals surface area contributed by atoms with E-state index in [9.17, 15) is 9.59 Å². The molecule has 0 aliphatic heterocycles. The fraction of sp³-hybridized carbons (Fsp3) is 0.286. The molecule has 0 saturated carbocycles. The largest absolute Gasteiger partial charge is 0.461 e. The fourth-order valence-electron chi connectivity index (χ4n) is 1.60. The number of esters is 1. The number of para-hydroxylation sites is 1. The van der Waals surface area contributed by atoms with Crippen LogP contribution in [0.3, 0.4) is 0 Å². The van der Waals surface area contributed by atoms with Crippen LogP contribution in [0.25, 0.3) is 11.0 Å². The molecule has 0 saturated heterocycles. The van der Waals surface area contributed by atoms with Gasteiger partial charge in [0.1, 0.15) is 17.8 Å². The van der Waals surface area contributed by atoms with Crippen molar-refractivity contribution in [2.75, 3.05) is 27.2 Å². The molecule has 1 aromatic carbocycles. The van der Waals surface area contributed by atoms with Crippen LogP contribution in [0.5, 0.6) is 0 Å². The summed E-state index contributed by atoms with van der Waals surface area (Å²) in [5.74, 6) is -0.652. The molecule has 0 atom stereocenters. The topological polar surface area (TPSA) is 59.8 Å². The Kier molecular flexibility index (Phi) is 3.97. The van der Waals surface area contributed by atoms with Gasteiger partial charge in [-0.05, 0) is 26.2 Å². The van der Waals surface area contributed by atoms with Crippen LogP contribution in [0, 0.1) is 0 Å². The summed E-state index contributed by atoms with van der Waals surface area (Å²) in [7, 11) is 3.75. The molecule has 0 radical (unpaired) electrons. The van der Waals surface area contributed by atoms with Crippen molar-refractivity contribution < 1.29 is 13.9 Å². The predicted octanol–water partition coefficient (Wildman–Crippen LogP) is 1.51. The average Bonchev–Trinajstić information content (AvgIpc) is 2.37. The highest BCUT2D eigenvalue weighted by molar-refractivity contribution is 5.92. The summed E-state index contributed by atoms with van der Waals surface area (Å²) in [5.41, 5.74) is -0.289. The summed E-state index contributed by atoms with van der Waals surface area (Å²) in [6, 6.07) is 8.52. The van der Waals surface area contributed by atoms with Gasteiger partial charge in [0.2, 0.25) is 0 Å². The molecule has 0 aliphatic rings. The average molecular weight is 261 g/mol. The molecule has 0 bridgehead atoms. The van der Waals surface area contributed by atoms with E-state index in [1.165, 1.54) is 6.07 Å². The minimum atomic E-state index is -0.673. The first-order chi connectivity index (χ1) is 9.08. The maximum atomic E-state index is 11.8. The molecule has 5 nitrogen and oxygen atoms in total. The first-order valence-electron chi connectivity index (χ1n) is 5.92. The SMILES string of the molecule is CN(C)CCOC(=O)c1cc2ccccc2oc1=O. The van der Waals surface area contributed by atoms with Crippen molar-refractivity contribution in [3.05, 3.63) is 46.3 Å². The Morgan fingerprint density at radius 2 is 2.05 bits per heavy atom.